The number of aryl methyl sites for hydroxylation is 1. The van der Waals surface area contributed by atoms with Crippen molar-refractivity contribution in [3.05, 3.63) is 104 Å². The molecule has 0 bridgehead atoms. The molecular weight excluding hydrogens is 402 g/mol. The Morgan fingerprint density at radius 1 is 0.903 bits per heavy atom. The predicted octanol–water partition coefficient (Wildman–Crippen LogP) is 4.77. The third-order valence-corrected chi connectivity index (χ3v) is 4.48. The highest BCUT2D eigenvalue weighted by atomic mass is 16.6. The summed E-state index contributed by atoms with van der Waals surface area (Å²) in [6.45, 7) is 0.416. The minimum Gasteiger partial charge on any atom is -0.491 e. The summed E-state index contributed by atoms with van der Waals surface area (Å²) in [5, 5.41) is 24.8. The molecular formula is C22H19N3O6. The van der Waals surface area contributed by atoms with Crippen molar-refractivity contribution in [1.82, 2.24) is 0 Å². The van der Waals surface area contributed by atoms with E-state index in [1.54, 1.807) is 24.3 Å². The highest BCUT2D eigenvalue weighted by Crippen LogP contribution is 2.28. The topological polar surface area (TPSA) is 125 Å². The highest BCUT2D eigenvalue weighted by Gasteiger charge is 2.24. The number of ether oxygens (including phenoxy) is 1. The molecule has 1 amide bonds. The molecule has 3 aromatic carbocycles. The average Bonchev–Trinajstić information content (AvgIpc) is 2.78. The van der Waals surface area contributed by atoms with Crippen molar-refractivity contribution < 1.29 is 19.4 Å². The number of non-ortho nitro benzene ring substituents is 1. The normalized spacial score (nSPS) is 10.3. The number of amides is 1. The minimum atomic E-state index is -0.825. The maximum Gasteiger partial charge on any atom is 0.289 e. The van der Waals surface area contributed by atoms with E-state index in [0.717, 1.165) is 31.0 Å². The average molecular weight is 421 g/mol. The summed E-state index contributed by atoms with van der Waals surface area (Å²) >= 11 is 0. The van der Waals surface area contributed by atoms with E-state index in [9.17, 15) is 25.0 Å². The number of nitro benzene ring substituents is 2. The van der Waals surface area contributed by atoms with E-state index in [-0.39, 0.29) is 5.56 Å². The third kappa shape index (κ3) is 5.63. The summed E-state index contributed by atoms with van der Waals surface area (Å²) in [5.41, 5.74) is 0.144. The van der Waals surface area contributed by atoms with Gasteiger partial charge >= 0.3 is 0 Å². The van der Waals surface area contributed by atoms with Gasteiger partial charge in [0.15, 0.2) is 0 Å². The van der Waals surface area contributed by atoms with Crippen LogP contribution < -0.4 is 10.1 Å². The van der Waals surface area contributed by atoms with Crippen molar-refractivity contribution in [2.24, 2.45) is 0 Å². The standard InChI is InChI=1S/C22H19N3O6/c26-22(18-13-12-17(24(27)28)15-20(18)25(29)30)23-19-10-4-5-11-21(19)31-14-6-9-16-7-2-1-3-8-16/h1-5,7-8,10-13,15H,6,9,14H2,(H,23,26). The number of carbonyl (C=O) groups is 1. The Kier molecular flexibility index (Phi) is 6.89. The summed E-state index contributed by atoms with van der Waals surface area (Å²) in [6.07, 6.45) is 1.60. The molecule has 0 spiro atoms. The molecule has 0 aliphatic rings. The lowest BCUT2D eigenvalue weighted by molar-refractivity contribution is -0.394. The molecule has 9 heteroatoms. The number of nitrogens with zero attached hydrogens (tertiary/aromatic N) is 2. The number of hydrogen-bond donors (Lipinski definition) is 1. The van der Waals surface area contributed by atoms with Gasteiger partial charge in [0.2, 0.25) is 0 Å². The van der Waals surface area contributed by atoms with Crippen LogP contribution in [0, 0.1) is 20.2 Å². The van der Waals surface area contributed by atoms with Crippen LogP contribution in [-0.4, -0.2) is 22.4 Å². The zero-order valence-electron chi connectivity index (χ0n) is 16.4. The fraction of sp³-hybridized carbons (Fsp3) is 0.136. The van der Waals surface area contributed by atoms with Gasteiger partial charge in [-0.05, 0) is 36.6 Å². The second kappa shape index (κ2) is 9.97. The molecule has 0 radical (unpaired) electrons. The van der Waals surface area contributed by atoms with Crippen LogP contribution >= 0.6 is 0 Å². The van der Waals surface area contributed by atoms with Crippen LogP contribution in [0.4, 0.5) is 17.1 Å². The number of anilines is 1. The highest BCUT2D eigenvalue weighted by molar-refractivity contribution is 6.07. The number of hydrogen-bond acceptors (Lipinski definition) is 6. The van der Waals surface area contributed by atoms with Crippen LogP contribution in [0.5, 0.6) is 5.75 Å². The molecule has 3 rings (SSSR count). The summed E-state index contributed by atoms with van der Waals surface area (Å²) < 4.78 is 5.79. The van der Waals surface area contributed by atoms with Crippen LogP contribution in [0.1, 0.15) is 22.3 Å². The SMILES string of the molecule is O=C(Nc1ccccc1OCCCc1ccccc1)c1ccc([N+](=O)[O-])cc1[N+](=O)[O-]. The summed E-state index contributed by atoms with van der Waals surface area (Å²) in [5.74, 6) is -0.338. The van der Waals surface area contributed by atoms with Crippen LogP contribution in [0.3, 0.4) is 0 Å². The zero-order valence-corrected chi connectivity index (χ0v) is 16.4. The van der Waals surface area contributed by atoms with E-state index < -0.39 is 27.1 Å². The van der Waals surface area contributed by atoms with E-state index >= 15 is 0 Å². The van der Waals surface area contributed by atoms with Crippen molar-refractivity contribution in [2.75, 3.05) is 11.9 Å². The van der Waals surface area contributed by atoms with E-state index in [1.807, 2.05) is 30.3 Å². The number of carbonyl (C=O) groups excluding carboxylic acids is 1. The fourth-order valence-corrected chi connectivity index (χ4v) is 2.97. The Balaban J connectivity index is 1.69. The minimum absolute atomic E-state index is 0.283. The Bertz CT molecular complexity index is 1100. The number of nitro groups is 2. The molecule has 3 aromatic rings. The lowest BCUT2D eigenvalue weighted by atomic mass is 10.1. The van der Waals surface area contributed by atoms with Gasteiger partial charge in [0.25, 0.3) is 17.3 Å². The first kappa shape index (κ1) is 21.4. The molecule has 0 aromatic heterocycles. The Hall–Kier alpha value is -4.27. The van der Waals surface area contributed by atoms with Crippen LogP contribution in [0.25, 0.3) is 0 Å². The van der Waals surface area contributed by atoms with Gasteiger partial charge in [-0.3, -0.25) is 25.0 Å². The first-order valence-electron chi connectivity index (χ1n) is 9.45. The molecule has 0 saturated heterocycles. The molecule has 0 atom stereocenters. The van der Waals surface area contributed by atoms with Crippen LogP contribution in [0.2, 0.25) is 0 Å². The molecule has 158 valence electrons. The van der Waals surface area contributed by atoms with Crippen molar-refractivity contribution in [2.45, 2.75) is 12.8 Å². The van der Waals surface area contributed by atoms with E-state index in [0.29, 0.717) is 18.0 Å². The Morgan fingerprint density at radius 2 is 1.61 bits per heavy atom. The molecule has 9 nitrogen and oxygen atoms in total. The molecule has 1 N–H and O–H groups in total. The van der Waals surface area contributed by atoms with Gasteiger partial charge in [0, 0.05) is 6.07 Å². The third-order valence-electron chi connectivity index (χ3n) is 4.48. The number of rotatable bonds is 9. The predicted molar refractivity (Wildman–Crippen MR) is 114 cm³/mol. The fourth-order valence-electron chi connectivity index (χ4n) is 2.97. The van der Waals surface area contributed by atoms with Gasteiger partial charge in [-0.2, -0.15) is 0 Å². The van der Waals surface area contributed by atoms with Gasteiger partial charge in [0.05, 0.1) is 28.2 Å². The van der Waals surface area contributed by atoms with Gasteiger partial charge in [-0.25, -0.2) is 0 Å². The number of benzene rings is 3. The van der Waals surface area contributed by atoms with Crippen molar-refractivity contribution in [3.63, 3.8) is 0 Å². The summed E-state index contributed by atoms with van der Waals surface area (Å²) in [4.78, 5) is 33.2. The monoisotopic (exact) mass is 421 g/mol. The molecule has 0 heterocycles. The Labute approximate surface area is 177 Å². The second-order valence-corrected chi connectivity index (χ2v) is 6.60. The Morgan fingerprint density at radius 3 is 2.32 bits per heavy atom. The van der Waals surface area contributed by atoms with Gasteiger partial charge < -0.3 is 10.1 Å². The zero-order chi connectivity index (χ0) is 22.2. The van der Waals surface area contributed by atoms with Crippen LogP contribution in [0.15, 0.2) is 72.8 Å². The largest absolute Gasteiger partial charge is 0.491 e. The molecule has 0 aliphatic heterocycles. The molecule has 31 heavy (non-hydrogen) atoms. The lowest BCUT2D eigenvalue weighted by Gasteiger charge is -2.12. The van der Waals surface area contributed by atoms with Crippen LogP contribution in [-0.2, 0) is 6.42 Å². The molecule has 0 saturated carbocycles. The lowest BCUT2D eigenvalue weighted by Crippen LogP contribution is -2.15. The molecule has 0 aliphatic carbocycles. The van der Waals surface area contributed by atoms with Gasteiger partial charge in [0.1, 0.15) is 11.3 Å². The van der Waals surface area contributed by atoms with E-state index in [1.165, 1.54) is 5.56 Å². The second-order valence-electron chi connectivity index (χ2n) is 6.60. The summed E-state index contributed by atoms with van der Waals surface area (Å²) in [7, 11) is 0. The quantitative estimate of drug-likeness (QED) is 0.301. The van der Waals surface area contributed by atoms with E-state index in [4.69, 9.17) is 4.74 Å². The van der Waals surface area contributed by atoms with Crippen molar-refractivity contribution in [3.8, 4) is 5.75 Å². The smallest absolute Gasteiger partial charge is 0.289 e. The van der Waals surface area contributed by atoms with E-state index in [2.05, 4.69) is 5.32 Å². The molecule has 0 fully saturated rings. The number of para-hydroxylation sites is 2. The van der Waals surface area contributed by atoms with Crippen molar-refractivity contribution in [1.29, 1.82) is 0 Å². The van der Waals surface area contributed by atoms with Gasteiger partial charge in [-0.15, -0.1) is 0 Å². The summed E-state index contributed by atoms with van der Waals surface area (Å²) in [6, 6.07) is 19.6. The first-order valence-corrected chi connectivity index (χ1v) is 9.45. The molecule has 0 unspecified atom stereocenters. The number of nitrogens with one attached hydrogen (secondary N) is 1. The first-order chi connectivity index (χ1) is 15.0. The van der Waals surface area contributed by atoms with Crippen molar-refractivity contribution >= 4 is 23.0 Å². The maximum atomic E-state index is 12.6. The maximum absolute atomic E-state index is 12.6. The van der Waals surface area contributed by atoms with Gasteiger partial charge in [-0.1, -0.05) is 42.5 Å².